The molecule has 1 aliphatic carbocycles. The Kier molecular flexibility index (Phi) is 36.6. The van der Waals surface area contributed by atoms with Gasteiger partial charge in [-0.05, 0) is 66.6 Å². The van der Waals surface area contributed by atoms with Crippen LogP contribution in [0.3, 0.4) is 0 Å². The van der Waals surface area contributed by atoms with E-state index in [9.17, 15) is 0 Å². The highest BCUT2D eigenvalue weighted by Gasteiger charge is 2.30. The average Bonchev–Trinajstić information content (AvgIpc) is 3.02. The molecule has 0 amide bonds. The van der Waals surface area contributed by atoms with Crippen LogP contribution < -0.4 is 0 Å². The van der Waals surface area contributed by atoms with Crippen molar-refractivity contribution >= 4 is 0 Å². The Morgan fingerprint density at radius 3 is 1.74 bits per heavy atom. The van der Waals surface area contributed by atoms with Crippen LogP contribution in [0.2, 0.25) is 0 Å². The van der Waals surface area contributed by atoms with Crippen LogP contribution in [0.15, 0.2) is 0 Å². The predicted octanol–water partition coefficient (Wildman–Crippen LogP) is 15.2. The SMILES string of the molecule is C#CCCC(C)C(CCC)CCCCC(CC)CC.CC.CCC1CCC(C(C)C)C(CC)C1.CCCCC(C)CC. The van der Waals surface area contributed by atoms with Crippen LogP contribution in [0.5, 0.6) is 0 Å². The summed E-state index contributed by atoms with van der Waals surface area (Å²) in [6, 6.07) is 0. The molecule has 0 heteroatoms. The molecular formula is C42H86. The van der Waals surface area contributed by atoms with Crippen molar-refractivity contribution in [2.75, 3.05) is 0 Å². The van der Waals surface area contributed by atoms with Gasteiger partial charge in [-0.15, -0.1) is 12.3 Å². The number of hydrogen-bond donors (Lipinski definition) is 0. The van der Waals surface area contributed by atoms with E-state index in [1.807, 2.05) is 13.8 Å². The summed E-state index contributed by atoms with van der Waals surface area (Å²) in [6.07, 6.45) is 31.5. The zero-order valence-electron chi connectivity index (χ0n) is 32.1. The molecule has 1 saturated carbocycles. The van der Waals surface area contributed by atoms with Gasteiger partial charge in [0.2, 0.25) is 0 Å². The molecule has 0 nitrogen and oxygen atoms in total. The highest BCUT2D eigenvalue weighted by molar-refractivity contribution is 4.85. The van der Waals surface area contributed by atoms with Crippen molar-refractivity contribution in [3.63, 3.8) is 0 Å². The van der Waals surface area contributed by atoms with Crippen molar-refractivity contribution in [1.29, 1.82) is 0 Å². The Bertz CT molecular complexity index is 535. The molecule has 42 heavy (non-hydrogen) atoms. The lowest BCUT2D eigenvalue weighted by molar-refractivity contribution is 0.131. The molecule has 0 heterocycles. The Morgan fingerprint density at radius 1 is 0.667 bits per heavy atom. The monoisotopic (exact) mass is 591 g/mol. The van der Waals surface area contributed by atoms with E-state index in [0.717, 1.165) is 53.8 Å². The third-order valence-corrected chi connectivity index (χ3v) is 10.7. The first-order valence-electron chi connectivity index (χ1n) is 19.6. The Balaban J connectivity index is -0.000000570. The standard InChI is InChI=1S/C19H36.C13H26.C8H18.C2H6/c1-6-10-14-17(5)19(13-7-2)16-12-11-15-18(8-3)9-4;1-5-11-7-8-13(10(3)4)12(6-2)9-11;1-4-6-7-8(3)5-2;1-2/h1,17-19H,7-16H2,2-5H3;10-13H,5-9H2,1-4H3;8H,4-7H2,1-3H3;1-2H3. The van der Waals surface area contributed by atoms with Gasteiger partial charge in [-0.1, -0.05) is 186 Å². The molecule has 0 aromatic rings. The Hall–Kier alpha value is -0.440. The molecule has 0 aromatic heterocycles. The first-order valence-corrected chi connectivity index (χ1v) is 19.6. The maximum atomic E-state index is 5.39. The third kappa shape index (κ3) is 24.9. The van der Waals surface area contributed by atoms with Crippen LogP contribution in [-0.2, 0) is 0 Å². The number of rotatable bonds is 19. The molecule has 0 spiro atoms. The largest absolute Gasteiger partial charge is 0.120 e. The van der Waals surface area contributed by atoms with Crippen LogP contribution in [0.1, 0.15) is 212 Å². The van der Waals surface area contributed by atoms with E-state index in [-0.39, 0.29) is 0 Å². The van der Waals surface area contributed by atoms with Crippen LogP contribution in [0.25, 0.3) is 0 Å². The molecule has 0 radical (unpaired) electrons. The van der Waals surface area contributed by atoms with Gasteiger partial charge in [0, 0.05) is 6.42 Å². The number of hydrogen-bond acceptors (Lipinski definition) is 0. The topological polar surface area (TPSA) is 0 Å². The summed E-state index contributed by atoms with van der Waals surface area (Å²) >= 11 is 0. The van der Waals surface area contributed by atoms with Gasteiger partial charge in [-0.3, -0.25) is 0 Å². The highest BCUT2D eigenvalue weighted by atomic mass is 14.4. The molecule has 1 aliphatic rings. The van der Waals surface area contributed by atoms with E-state index >= 15 is 0 Å². The van der Waals surface area contributed by atoms with E-state index in [2.05, 4.69) is 82.1 Å². The van der Waals surface area contributed by atoms with Crippen LogP contribution >= 0.6 is 0 Å². The summed E-state index contributed by atoms with van der Waals surface area (Å²) in [5.41, 5.74) is 0. The minimum Gasteiger partial charge on any atom is -0.120 e. The second-order valence-electron chi connectivity index (χ2n) is 14.1. The maximum absolute atomic E-state index is 5.39. The van der Waals surface area contributed by atoms with Gasteiger partial charge in [0.1, 0.15) is 0 Å². The first kappa shape index (κ1) is 46.0. The fraction of sp³-hybridized carbons (Fsp3) is 0.952. The van der Waals surface area contributed by atoms with Gasteiger partial charge >= 0.3 is 0 Å². The van der Waals surface area contributed by atoms with Crippen molar-refractivity contribution < 1.29 is 0 Å². The van der Waals surface area contributed by atoms with Crippen LogP contribution in [0.4, 0.5) is 0 Å². The van der Waals surface area contributed by atoms with Crippen molar-refractivity contribution in [3.8, 4) is 12.3 Å². The summed E-state index contributed by atoms with van der Waals surface area (Å²) < 4.78 is 0. The normalized spacial score (nSPS) is 20.2. The summed E-state index contributed by atoms with van der Waals surface area (Å²) in [5.74, 6) is 10.4. The second kappa shape index (κ2) is 33.5. The highest BCUT2D eigenvalue weighted by Crippen LogP contribution is 2.40. The first-order chi connectivity index (χ1) is 20.2. The van der Waals surface area contributed by atoms with Crippen molar-refractivity contribution in [2.45, 2.75) is 212 Å². The lowest BCUT2D eigenvalue weighted by Crippen LogP contribution is -2.27. The van der Waals surface area contributed by atoms with Gasteiger partial charge in [-0.25, -0.2) is 0 Å². The van der Waals surface area contributed by atoms with E-state index in [0.29, 0.717) is 0 Å². The molecule has 0 bridgehead atoms. The molecule has 1 rings (SSSR count). The number of unbranched alkanes of at least 4 members (excludes halogenated alkanes) is 2. The predicted molar refractivity (Wildman–Crippen MR) is 198 cm³/mol. The molecule has 254 valence electrons. The molecule has 0 aromatic carbocycles. The van der Waals surface area contributed by atoms with Gasteiger partial charge in [-0.2, -0.15) is 0 Å². The molecule has 0 N–H and O–H groups in total. The molecule has 6 atom stereocenters. The van der Waals surface area contributed by atoms with E-state index in [4.69, 9.17) is 6.42 Å². The molecule has 1 fully saturated rings. The summed E-state index contributed by atoms with van der Waals surface area (Å²) in [4.78, 5) is 0. The molecular weight excluding hydrogens is 504 g/mol. The molecule has 0 saturated heterocycles. The molecule has 6 unspecified atom stereocenters. The average molecular weight is 591 g/mol. The van der Waals surface area contributed by atoms with Crippen molar-refractivity contribution in [1.82, 2.24) is 0 Å². The fourth-order valence-electron chi connectivity index (χ4n) is 7.03. The zero-order valence-corrected chi connectivity index (χ0v) is 32.1. The second-order valence-corrected chi connectivity index (χ2v) is 14.1. The van der Waals surface area contributed by atoms with Crippen LogP contribution in [-0.4, -0.2) is 0 Å². The molecule has 0 aliphatic heterocycles. The van der Waals surface area contributed by atoms with Gasteiger partial charge in [0.15, 0.2) is 0 Å². The summed E-state index contributed by atoms with van der Waals surface area (Å²) in [6.45, 7) is 29.7. The smallest absolute Gasteiger partial charge is 0.00886 e. The quantitative estimate of drug-likeness (QED) is 0.104. The van der Waals surface area contributed by atoms with Gasteiger partial charge < -0.3 is 0 Å². The van der Waals surface area contributed by atoms with Gasteiger partial charge in [0.05, 0.1) is 0 Å². The van der Waals surface area contributed by atoms with Crippen molar-refractivity contribution in [2.24, 2.45) is 47.3 Å². The van der Waals surface area contributed by atoms with E-state index in [1.165, 1.54) is 116 Å². The minimum absolute atomic E-state index is 0.809. The van der Waals surface area contributed by atoms with Gasteiger partial charge in [0.25, 0.3) is 0 Å². The maximum Gasteiger partial charge on any atom is 0.00886 e. The zero-order chi connectivity index (χ0) is 32.8. The van der Waals surface area contributed by atoms with Crippen molar-refractivity contribution in [3.05, 3.63) is 0 Å². The van der Waals surface area contributed by atoms with Crippen LogP contribution in [0, 0.1) is 59.7 Å². The summed E-state index contributed by atoms with van der Waals surface area (Å²) in [5, 5.41) is 0. The minimum atomic E-state index is 0.809. The Morgan fingerprint density at radius 2 is 1.29 bits per heavy atom. The number of terminal acetylenes is 1. The fourth-order valence-corrected chi connectivity index (χ4v) is 7.03. The van der Waals surface area contributed by atoms with E-state index < -0.39 is 0 Å². The third-order valence-electron chi connectivity index (χ3n) is 10.7. The lowest BCUT2D eigenvalue weighted by Gasteiger charge is -2.37. The van der Waals surface area contributed by atoms with E-state index in [1.54, 1.807) is 0 Å². The lowest BCUT2D eigenvalue weighted by atomic mass is 9.68. The Labute approximate surface area is 271 Å². The summed E-state index contributed by atoms with van der Waals surface area (Å²) in [7, 11) is 0.